The van der Waals surface area contributed by atoms with E-state index in [9.17, 15) is 19.2 Å². The lowest BCUT2D eigenvalue weighted by molar-refractivity contribution is -0.159. The van der Waals surface area contributed by atoms with Crippen LogP contribution in [0.5, 0.6) is 0 Å². The SMILES string of the molecule is CCOC(=O)CN(CCCn1ccnc1)C(=O)CC1C(=O)N(CCc2ccc(Cl)cc2Cl)CC(=O)N1CCCN1CCOCC1. The van der Waals surface area contributed by atoms with Gasteiger partial charge < -0.3 is 28.7 Å². The van der Waals surface area contributed by atoms with Crippen molar-refractivity contribution < 1.29 is 28.7 Å². The van der Waals surface area contributed by atoms with Crippen molar-refractivity contribution in [2.75, 3.05) is 72.2 Å². The van der Waals surface area contributed by atoms with Crippen LogP contribution in [0.3, 0.4) is 0 Å². The summed E-state index contributed by atoms with van der Waals surface area (Å²) in [6, 6.07) is 4.19. The molecule has 3 heterocycles. The predicted molar refractivity (Wildman–Crippen MR) is 169 cm³/mol. The molecule has 4 rings (SSSR count). The molecule has 3 amide bonds. The molecule has 0 spiro atoms. The predicted octanol–water partition coefficient (Wildman–Crippen LogP) is 2.37. The molecule has 45 heavy (non-hydrogen) atoms. The Kier molecular flexibility index (Phi) is 13.5. The standard InChI is InChI=1S/C31H42Cl2N6O6/c1-2-45-30(42)22-37(11-3-10-36-14-8-34-23-36)28(40)20-27-31(43)38(13-7-24-5-6-25(32)19-26(24)33)21-29(41)39(27)12-4-9-35-15-17-44-18-16-35/h5-6,8,14,19,23,27H,2-4,7,9-13,15-18,20-22H2,1H3. The first-order valence-corrected chi connectivity index (χ1v) is 16.2. The molecule has 2 saturated heterocycles. The zero-order chi connectivity index (χ0) is 32.2. The van der Waals surface area contributed by atoms with Crippen molar-refractivity contribution in [2.45, 2.75) is 45.2 Å². The maximum atomic E-state index is 13.9. The first-order valence-electron chi connectivity index (χ1n) is 15.5. The maximum Gasteiger partial charge on any atom is 0.325 e. The van der Waals surface area contributed by atoms with Crippen molar-refractivity contribution in [1.29, 1.82) is 0 Å². The number of imidazole rings is 1. The van der Waals surface area contributed by atoms with Gasteiger partial charge in [0.05, 0.1) is 39.1 Å². The van der Waals surface area contributed by atoms with E-state index < -0.39 is 12.0 Å². The summed E-state index contributed by atoms with van der Waals surface area (Å²) in [5, 5.41) is 0.997. The monoisotopic (exact) mass is 664 g/mol. The Labute approximate surface area is 274 Å². The minimum atomic E-state index is -0.984. The summed E-state index contributed by atoms with van der Waals surface area (Å²) in [7, 11) is 0. The summed E-state index contributed by atoms with van der Waals surface area (Å²) in [5.41, 5.74) is 0.806. The fourth-order valence-electron chi connectivity index (χ4n) is 5.60. The minimum absolute atomic E-state index is 0.0796. The Morgan fingerprint density at radius 3 is 2.60 bits per heavy atom. The molecule has 1 atom stereocenters. The molecule has 2 fully saturated rings. The van der Waals surface area contributed by atoms with Crippen LogP contribution < -0.4 is 0 Å². The van der Waals surface area contributed by atoms with E-state index in [1.165, 1.54) is 9.80 Å². The number of esters is 1. The zero-order valence-corrected chi connectivity index (χ0v) is 27.3. The van der Waals surface area contributed by atoms with Crippen molar-refractivity contribution in [2.24, 2.45) is 0 Å². The summed E-state index contributed by atoms with van der Waals surface area (Å²) in [6.45, 7) is 6.78. The van der Waals surface area contributed by atoms with Crippen LogP contribution in [0, 0.1) is 0 Å². The van der Waals surface area contributed by atoms with Crippen LogP contribution >= 0.6 is 23.2 Å². The number of rotatable bonds is 16. The van der Waals surface area contributed by atoms with E-state index in [0.29, 0.717) is 55.6 Å². The number of nitrogens with zero attached hydrogens (tertiary/aromatic N) is 6. The third-order valence-electron chi connectivity index (χ3n) is 8.01. The second-order valence-corrected chi connectivity index (χ2v) is 12.0. The number of ether oxygens (including phenoxy) is 2. The highest BCUT2D eigenvalue weighted by Crippen LogP contribution is 2.23. The van der Waals surface area contributed by atoms with Gasteiger partial charge in [-0.2, -0.15) is 0 Å². The van der Waals surface area contributed by atoms with E-state index >= 15 is 0 Å². The van der Waals surface area contributed by atoms with Crippen molar-refractivity contribution in [3.05, 3.63) is 52.5 Å². The van der Waals surface area contributed by atoms with Gasteiger partial charge in [0.25, 0.3) is 0 Å². The number of aryl methyl sites for hydroxylation is 1. The van der Waals surface area contributed by atoms with Gasteiger partial charge in [-0.3, -0.25) is 24.1 Å². The van der Waals surface area contributed by atoms with E-state index in [4.69, 9.17) is 32.7 Å². The lowest BCUT2D eigenvalue weighted by Gasteiger charge is -2.41. The average Bonchev–Trinajstić information content (AvgIpc) is 3.54. The van der Waals surface area contributed by atoms with Gasteiger partial charge in [0, 0.05) is 68.3 Å². The highest BCUT2D eigenvalue weighted by Gasteiger charge is 2.41. The topological polar surface area (TPSA) is 118 Å². The molecule has 1 unspecified atom stereocenters. The Hall–Kier alpha value is -3.19. The van der Waals surface area contributed by atoms with Crippen LogP contribution in [-0.2, 0) is 41.6 Å². The van der Waals surface area contributed by atoms with Crippen LogP contribution in [0.2, 0.25) is 10.0 Å². The number of piperazine rings is 1. The summed E-state index contributed by atoms with van der Waals surface area (Å²) in [6.07, 6.45) is 6.60. The van der Waals surface area contributed by atoms with Crippen molar-refractivity contribution in [3.8, 4) is 0 Å². The molecule has 0 radical (unpaired) electrons. The Morgan fingerprint density at radius 1 is 1.09 bits per heavy atom. The van der Waals surface area contributed by atoms with Gasteiger partial charge in [-0.25, -0.2) is 4.98 Å². The molecule has 2 aliphatic heterocycles. The highest BCUT2D eigenvalue weighted by molar-refractivity contribution is 6.35. The number of carbonyl (C=O) groups excluding carboxylic acids is 4. The number of halogens is 2. The fraction of sp³-hybridized carbons (Fsp3) is 0.581. The number of carbonyl (C=O) groups is 4. The molecule has 0 saturated carbocycles. The van der Waals surface area contributed by atoms with E-state index in [2.05, 4.69) is 9.88 Å². The second-order valence-electron chi connectivity index (χ2n) is 11.1. The van der Waals surface area contributed by atoms with Crippen molar-refractivity contribution in [1.82, 2.24) is 29.2 Å². The summed E-state index contributed by atoms with van der Waals surface area (Å²) in [4.78, 5) is 64.4. The lowest BCUT2D eigenvalue weighted by atomic mass is 10.0. The molecule has 0 N–H and O–H groups in total. The molecule has 246 valence electrons. The average molecular weight is 666 g/mol. The molecule has 0 aliphatic carbocycles. The first kappa shape index (κ1) is 34.7. The van der Waals surface area contributed by atoms with Crippen LogP contribution in [0.15, 0.2) is 36.9 Å². The van der Waals surface area contributed by atoms with Gasteiger partial charge in [-0.05, 0) is 43.9 Å². The van der Waals surface area contributed by atoms with Gasteiger partial charge in [0.2, 0.25) is 17.7 Å². The van der Waals surface area contributed by atoms with Crippen LogP contribution in [0.25, 0.3) is 0 Å². The zero-order valence-electron chi connectivity index (χ0n) is 25.7. The van der Waals surface area contributed by atoms with Gasteiger partial charge in [-0.1, -0.05) is 29.3 Å². The van der Waals surface area contributed by atoms with E-state index in [0.717, 1.165) is 25.2 Å². The molecule has 1 aromatic carbocycles. The molecular weight excluding hydrogens is 623 g/mol. The molecule has 0 bridgehead atoms. The maximum absolute atomic E-state index is 13.9. The number of morpholine rings is 1. The fourth-order valence-corrected chi connectivity index (χ4v) is 6.10. The number of hydrogen-bond donors (Lipinski definition) is 0. The largest absolute Gasteiger partial charge is 0.465 e. The number of benzene rings is 1. The molecular formula is C31H42Cl2N6O6. The van der Waals surface area contributed by atoms with Gasteiger partial charge in [-0.15, -0.1) is 0 Å². The molecule has 2 aromatic rings. The normalized spacial score (nSPS) is 17.5. The highest BCUT2D eigenvalue weighted by atomic mass is 35.5. The lowest BCUT2D eigenvalue weighted by Crippen LogP contribution is -2.61. The third kappa shape index (κ3) is 10.4. The third-order valence-corrected chi connectivity index (χ3v) is 8.60. The second kappa shape index (κ2) is 17.5. The van der Waals surface area contributed by atoms with Crippen LogP contribution in [0.1, 0.15) is 31.7 Å². The summed E-state index contributed by atoms with van der Waals surface area (Å²) >= 11 is 12.4. The number of amides is 3. The minimum Gasteiger partial charge on any atom is -0.465 e. The number of aromatic nitrogens is 2. The van der Waals surface area contributed by atoms with E-state index in [1.54, 1.807) is 42.5 Å². The Bertz CT molecular complexity index is 1290. The summed E-state index contributed by atoms with van der Waals surface area (Å²) < 4.78 is 12.4. The van der Waals surface area contributed by atoms with Crippen LogP contribution in [0.4, 0.5) is 0 Å². The molecule has 1 aromatic heterocycles. The number of hydrogen-bond acceptors (Lipinski definition) is 8. The van der Waals surface area contributed by atoms with Crippen molar-refractivity contribution in [3.63, 3.8) is 0 Å². The molecule has 14 heteroatoms. The Balaban J connectivity index is 1.47. The van der Waals surface area contributed by atoms with Gasteiger partial charge in [0.15, 0.2) is 0 Å². The first-order chi connectivity index (χ1) is 21.7. The Morgan fingerprint density at radius 2 is 1.89 bits per heavy atom. The van der Waals surface area contributed by atoms with Crippen molar-refractivity contribution >= 4 is 46.9 Å². The quantitative estimate of drug-likeness (QED) is 0.251. The smallest absolute Gasteiger partial charge is 0.325 e. The molecule has 12 nitrogen and oxygen atoms in total. The molecule has 2 aliphatic rings. The summed E-state index contributed by atoms with van der Waals surface area (Å²) in [5.74, 6) is -1.42. The van der Waals surface area contributed by atoms with E-state index in [-0.39, 0.29) is 56.9 Å². The van der Waals surface area contributed by atoms with Crippen LogP contribution in [-0.4, -0.2) is 131 Å². The van der Waals surface area contributed by atoms with E-state index in [1.807, 2.05) is 10.8 Å². The van der Waals surface area contributed by atoms with Gasteiger partial charge >= 0.3 is 5.97 Å². The van der Waals surface area contributed by atoms with Gasteiger partial charge in [0.1, 0.15) is 12.6 Å².